The summed E-state index contributed by atoms with van der Waals surface area (Å²) in [6.45, 7) is 3.87. The summed E-state index contributed by atoms with van der Waals surface area (Å²) < 4.78 is 28.2. The zero-order valence-corrected chi connectivity index (χ0v) is 17.9. The quantitative estimate of drug-likeness (QED) is 0.545. The Morgan fingerprint density at radius 2 is 1.90 bits per heavy atom. The van der Waals surface area contributed by atoms with E-state index in [9.17, 15) is 0 Å². The van der Waals surface area contributed by atoms with E-state index in [0.717, 1.165) is 57.0 Å². The van der Waals surface area contributed by atoms with Crippen LogP contribution in [0.5, 0.6) is 17.2 Å². The van der Waals surface area contributed by atoms with E-state index in [1.165, 1.54) is 0 Å². The van der Waals surface area contributed by atoms with Crippen molar-refractivity contribution in [3.05, 3.63) is 17.7 Å². The minimum atomic E-state index is 0.107. The molecule has 0 amide bonds. The molecule has 0 aliphatic carbocycles. The Kier molecular flexibility index (Phi) is 7.83. The molecule has 2 fully saturated rings. The third-order valence-electron chi connectivity index (χ3n) is 5.45. The molecule has 1 N–H and O–H groups in total. The fourth-order valence-electron chi connectivity index (χ4n) is 3.99. The molecule has 2 unspecified atom stereocenters. The summed E-state index contributed by atoms with van der Waals surface area (Å²) >= 11 is 0. The summed E-state index contributed by atoms with van der Waals surface area (Å²) in [5.41, 5.74) is 1.05. The molecule has 1 aromatic rings. The second-order valence-electron chi connectivity index (χ2n) is 7.12. The maximum absolute atomic E-state index is 5.95. The molecule has 0 bridgehead atoms. The molecule has 3 rings (SSSR count). The van der Waals surface area contributed by atoms with Crippen LogP contribution in [0.15, 0.2) is 17.1 Å². The number of nitrogens with zero attached hydrogens (tertiary/aromatic N) is 2. The molecule has 2 aliphatic heterocycles. The molecule has 2 heterocycles. The van der Waals surface area contributed by atoms with Gasteiger partial charge in [-0.1, -0.05) is 6.07 Å². The van der Waals surface area contributed by atoms with Gasteiger partial charge in [0.05, 0.1) is 34.0 Å². The normalized spacial score (nSPS) is 22.5. The first-order chi connectivity index (χ1) is 14.2. The van der Waals surface area contributed by atoms with Gasteiger partial charge in [0, 0.05) is 38.9 Å². The number of aliphatic imine (C=N–C) groups is 1. The minimum absolute atomic E-state index is 0.107. The van der Waals surface area contributed by atoms with E-state index < -0.39 is 0 Å². The molecule has 29 heavy (non-hydrogen) atoms. The molecular weight excluding hydrogens is 374 g/mol. The van der Waals surface area contributed by atoms with E-state index in [2.05, 4.69) is 15.2 Å². The van der Waals surface area contributed by atoms with Crippen molar-refractivity contribution in [2.24, 2.45) is 4.99 Å². The Morgan fingerprint density at radius 3 is 2.55 bits per heavy atom. The number of nitrogens with one attached hydrogen (secondary N) is 1. The maximum atomic E-state index is 5.95. The van der Waals surface area contributed by atoms with Crippen molar-refractivity contribution in [2.45, 2.75) is 31.5 Å². The van der Waals surface area contributed by atoms with Crippen LogP contribution in [0.1, 0.15) is 18.4 Å². The van der Waals surface area contributed by atoms with E-state index in [1.54, 1.807) is 21.3 Å². The largest absolute Gasteiger partial charge is 0.493 e. The lowest BCUT2D eigenvalue weighted by molar-refractivity contribution is -0.0816. The summed E-state index contributed by atoms with van der Waals surface area (Å²) in [7, 11) is 6.70. The highest BCUT2D eigenvalue weighted by Gasteiger charge is 2.32. The average Bonchev–Trinajstić information content (AvgIpc) is 3.31. The van der Waals surface area contributed by atoms with E-state index in [-0.39, 0.29) is 12.2 Å². The third-order valence-corrected chi connectivity index (χ3v) is 5.45. The lowest BCUT2D eigenvalue weighted by Crippen LogP contribution is -2.53. The van der Waals surface area contributed by atoms with Gasteiger partial charge < -0.3 is 33.9 Å². The van der Waals surface area contributed by atoms with Gasteiger partial charge in [-0.2, -0.15) is 0 Å². The number of hydrogen-bond acceptors (Lipinski definition) is 6. The SMILES string of the molecule is CN=C(NCCc1ccc(OC)c(OC)c1OC)N1CCOC(C2CCCO2)C1. The monoisotopic (exact) mass is 407 g/mol. The zero-order chi connectivity index (χ0) is 20.6. The van der Waals surface area contributed by atoms with Crippen LogP contribution in [-0.4, -0.2) is 84.3 Å². The van der Waals surface area contributed by atoms with E-state index >= 15 is 0 Å². The molecule has 0 radical (unpaired) electrons. The van der Waals surface area contributed by atoms with Crippen molar-refractivity contribution in [2.75, 3.05) is 61.2 Å². The van der Waals surface area contributed by atoms with Crippen LogP contribution in [0, 0.1) is 0 Å². The van der Waals surface area contributed by atoms with Crippen LogP contribution in [0.4, 0.5) is 0 Å². The molecule has 2 aliphatic rings. The van der Waals surface area contributed by atoms with E-state index in [0.29, 0.717) is 23.9 Å². The molecule has 8 nitrogen and oxygen atoms in total. The highest BCUT2D eigenvalue weighted by atomic mass is 16.5. The summed E-state index contributed by atoms with van der Waals surface area (Å²) in [6, 6.07) is 3.91. The standard InChI is InChI=1S/C21H33N3O5/c1-22-21(24-11-13-29-18(14-24)16-6-5-12-28-16)23-10-9-15-7-8-17(25-2)20(27-4)19(15)26-3/h7-8,16,18H,5-6,9-14H2,1-4H3,(H,22,23). The fourth-order valence-corrected chi connectivity index (χ4v) is 3.99. The Labute approximate surface area is 173 Å². The molecule has 2 atom stereocenters. The van der Waals surface area contributed by atoms with Gasteiger partial charge in [0.25, 0.3) is 0 Å². The first-order valence-electron chi connectivity index (χ1n) is 10.2. The topological polar surface area (TPSA) is 73.8 Å². The van der Waals surface area contributed by atoms with Gasteiger partial charge in [-0.15, -0.1) is 0 Å². The molecule has 2 saturated heterocycles. The second-order valence-corrected chi connectivity index (χ2v) is 7.12. The molecule has 0 saturated carbocycles. The van der Waals surface area contributed by atoms with E-state index in [1.807, 2.05) is 19.2 Å². The van der Waals surface area contributed by atoms with Crippen LogP contribution in [0.3, 0.4) is 0 Å². The summed E-state index contributed by atoms with van der Waals surface area (Å²) in [5.74, 6) is 2.86. The third kappa shape index (κ3) is 5.05. The Morgan fingerprint density at radius 1 is 1.10 bits per heavy atom. The maximum Gasteiger partial charge on any atom is 0.203 e. The van der Waals surface area contributed by atoms with Crippen LogP contribution in [0.2, 0.25) is 0 Å². The van der Waals surface area contributed by atoms with Crippen molar-refractivity contribution in [1.29, 1.82) is 0 Å². The van der Waals surface area contributed by atoms with Crippen molar-refractivity contribution < 1.29 is 23.7 Å². The number of methoxy groups -OCH3 is 3. The van der Waals surface area contributed by atoms with Gasteiger partial charge in [0.15, 0.2) is 17.5 Å². The summed E-state index contributed by atoms with van der Waals surface area (Å²) in [4.78, 5) is 6.72. The number of hydrogen-bond donors (Lipinski definition) is 1. The van der Waals surface area contributed by atoms with Gasteiger partial charge in [0.2, 0.25) is 5.75 Å². The predicted molar refractivity (Wildman–Crippen MR) is 111 cm³/mol. The predicted octanol–water partition coefficient (Wildman–Crippen LogP) is 1.71. The van der Waals surface area contributed by atoms with Gasteiger partial charge in [-0.3, -0.25) is 4.99 Å². The van der Waals surface area contributed by atoms with Gasteiger partial charge in [-0.05, 0) is 25.3 Å². The van der Waals surface area contributed by atoms with Gasteiger partial charge >= 0.3 is 0 Å². The fraction of sp³-hybridized carbons (Fsp3) is 0.667. The van der Waals surface area contributed by atoms with Crippen LogP contribution in [-0.2, 0) is 15.9 Å². The van der Waals surface area contributed by atoms with E-state index in [4.69, 9.17) is 23.7 Å². The minimum Gasteiger partial charge on any atom is -0.493 e. The number of guanidine groups is 1. The molecular formula is C21H33N3O5. The van der Waals surface area contributed by atoms with Crippen LogP contribution < -0.4 is 19.5 Å². The van der Waals surface area contributed by atoms with Gasteiger partial charge in [-0.25, -0.2) is 0 Å². The van der Waals surface area contributed by atoms with Crippen molar-refractivity contribution in [3.8, 4) is 17.2 Å². The van der Waals surface area contributed by atoms with Crippen LogP contribution >= 0.6 is 0 Å². The molecule has 162 valence electrons. The van der Waals surface area contributed by atoms with Crippen molar-refractivity contribution in [3.63, 3.8) is 0 Å². The molecule has 1 aromatic carbocycles. The van der Waals surface area contributed by atoms with Crippen LogP contribution in [0.25, 0.3) is 0 Å². The van der Waals surface area contributed by atoms with Crippen molar-refractivity contribution >= 4 is 5.96 Å². The number of ether oxygens (including phenoxy) is 5. The second kappa shape index (κ2) is 10.5. The lowest BCUT2D eigenvalue weighted by Gasteiger charge is -2.37. The lowest BCUT2D eigenvalue weighted by atomic mass is 10.1. The Balaban J connectivity index is 1.59. The number of benzene rings is 1. The highest BCUT2D eigenvalue weighted by Crippen LogP contribution is 2.39. The summed E-state index contributed by atoms with van der Waals surface area (Å²) in [5, 5.41) is 3.47. The first kappa shape index (κ1) is 21.5. The van der Waals surface area contributed by atoms with Crippen molar-refractivity contribution in [1.82, 2.24) is 10.2 Å². The zero-order valence-electron chi connectivity index (χ0n) is 17.9. The highest BCUT2D eigenvalue weighted by molar-refractivity contribution is 5.80. The first-order valence-corrected chi connectivity index (χ1v) is 10.2. The number of morpholine rings is 1. The molecule has 0 spiro atoms. The molecule has 8 heteroatoms. The number of rotatable bonds is 7. The van der Waals surface area contributed by atoms with Gasteiger partial charge in [0.1, 0.15) is 6.10 Å². The Bertz CT molecular complexity index is 691. The average molecular weight is 408 g/mol. The Hall–Kier alpha value is -2.19. The summed E-state index contributed by atoms with van der Waals surface area (Å²) in [6.07, 6.45) is 3.26. The molecule has 0 aromatic heterocycles. The smallest absolute Gasteiger partial charge is 0.203 e.